The molecule has 0 aromatic heterocycles. The standard InChI is InChI=1S/C14H29N3O2/c1-4-12-5-6-15-13(11-12)14(18)16-7-8-17(2)9-10-19-3/h12-13,15H,4-11H2,1-3H3,(H,16,18). The van der Waals surface area contributed by atoms with Crippen LogP contribution in [0.15, 0.2) is 0 Å². The van der Waals surface area contributed by atoms with Crippen molar-refractivity contribution in [3.63, 3.8) is 0 Å². The molecule has 0 aliphatic carbocycles. The number of piperidine rings is 1. The maximum absolute atomic E-state index is 12.0. The fraction of sp³-hybridized carbons (Fsp3) is 0.929. The Balaban J connectivity index is 2.16. The number of nitrogens with one attached hydrogen (secondary N) is 2. The number of hydrogen-bond donors (Lipinski definition) is 2. The summed E-state index contributed by atoms with van der Waals surface area (Å²) in [5.74, 6) is 0.847. The highest BCUT2D eigenvalue weighted by Gasteiger charge is 2.25. The van der Waals surface area contributed by atoms with Crippen LogP contribution in [0.25, 0.3) is 0 Å². The van der Waals surface area contributed by atoms with Gasteiger partial charge in [-0.05, 0) is 32.4 Å². The Morgan fingerprint density at radius 3 is 2.95 bits per heavy atom. The molecule has 1 heterocycles. The molecular weight excluding hydrogens is 242 g/mol. The number of hydrogen-bond acceptors (Lipinski definition) is 4. The Morgan fingerprint density at radius 1 is 1.47 bits per heavy atom. The molecule has 5 nitrogen and oxygen atoms in total. The zero-order valence-electron chi connectivity index (χ0n) is 12.6. The van der Waals surface area contributed by atoms with Gasteiger partial charge in [0, 0.05) is 26.7 Å². The van der Waals surface area contributed by atoms with E-state index in [1.54, 1.807) is 7.11 Å². The first-order valence-electron chi connectivity index (χ1n) is 7.36. The minimum Gasteiger partial charge on any atom is -0.383 e. The number of amides is 1. The van der Waals surface area contributed by atoms with Gasteiger partial charge in [0.15, 0.2) is 0 Å². The first-order valence-corrected chi connectivity index (χ1v) is 7.36. The molecule has 1 saturated heterocycles. The first-order chi connectivity index (χ1) is 9.17. The molecule has 0 saturated carbocycles. The Morgan fingerprint density at radius 2 is 2.26 bits per heavy atom. The molecule has 0 aromatic carbocycles. The molecule has 1 fully saturated rings. The van der Waals surface area contributed by atoms with Crippen molar-refractivity contribution in [2.75, 3.05) is 46.9 Å². The van der Waals surface area contributed by atoms with E-state index in [4.69, 9.17) is 4.74 Å². The van der Waals surface area contributed by atoms with Crippen LogP contribution < -0.4 is 10.6 Å². The summed E-state index contributed by atoms with van der Waals surface area (Å²) < 4.78 is 5.02. The number of likely N-dealkylation sites (N-methyl/N-ethyl adjacent to an activating group) is 1. The maximum Gasteiger partial charge on any atom is 0.237 e. The SMILES string of the molecule is CCC1CCNC(C(=O)NCCN(C)CCOC)C1. The zero-order valence-corrected chi connectivity index (χ0v) is 12.6. The lowest BCUT2D eigenvalue weighted by Gasteiger charge is -2.29. The average molecular weight is 271 g/mol. The third-order valence-corrected chi connectivity index (χ3v) is 3.88. The van der Waals surface area contributed by atoms with Crippen LogP contribution >= 0.6 is 0 Å². The van der Waals surface area contributed by atoms with Crippen molar-refractivity contribution in [2.45, 2.75) is 32.2 Å². The van der Waals surface area contributed by atoms with E-state index >= 15 is 0 Å². The van der Waals surface area contributed by atoms with Crippen molar-refractivity contribution in [1.29, 1.82) is 0 Å². The minimum atomic E-state index is 0.00276. The summed E-state index contributed by atoms with van der Waals surface area (Å²) in [5, 5.41) is 6.33. The van der Waals surface area contributed by atoms with Gasteiger partial charge < -0.3 is 20.3 Å². The van der Waals surface area contributed by atoms with E-state index in [1.165, 1.54) is 12.8 Å². The topological polar surface area (TPSA) is 53.6 Å². The van der Waals surface area contributed by atoms with Gasteiger partial charge in [-0.1, -0.05) is 13.3 Å². The van der Waals surface area contributed by atoms with Gasteiger partial charge in [0.25, 0.3) is 0 Å². The van der Waals surface area contributed by atoms with Gasteiger partial charge in [-0.2, -0.15) is 0 Å². The molecule has 112 valence electrons. The normalized spacial score (nSPS) is 23.6. The molecule has 5 heteroatoms. The van der Waals surface area contributed by atoms with Crippen molar-refractivity contribution in [2.24, 2.45) is 5.92 Å². The van der Waals surface area contributed by atoms with Crippen LogP contribution in [-0.2, 0) is 9.53 Å². The molecule has 0 spiro atoms. The maximum atomic E-state index is 12.0. The van der Waals surface area contributed by atoms with Crippen molar-refractivity contribution in [1.82, 2.24) is 15.5 Å². The van der Waals surface area contributed by atoms with Gasteiger partial charge in [-0.15, -0.1) is 0 Å². The lowest BCUT2D eigenvalue weighted by molar-refractivity contribution is -0.124. The van der Waals surface area contributed by atoms with Crippen LogP contribution in [0.5, 0.6) is 0 Å². The van der Waals surface area contributed by atoms with Gasteiger partial charge in [0.2, 0.25) is 5.91 Å². The van der Waals surface area contributed by atoms with Gasteiger partial charge in [0.05, 0.1) is 12.6 Å². The van der Waals surface area contributed by atoms with E-state index in [1.807, 2.05) is 7.05 Å². The predicted molar refractivity (Wildman–Crippen MR) is 77.2 cm³/mol. The molecule has 1 amide bonds. The molecule has 1 rings (SSSR count). The summed E-state index contributed by atoms with van der Waals surface area (Å²) in [5.41, 5.74) is 0. The summed E-state index contributed by atoms with van der Waals surface area (Å²) >= 11 is 0. The fourth-order valence-electron chi connectivity index (χ4n) is 2.42. The summed E-state index contributed by atoms with van der Waals surface area (Å²) in [6, 6.07) is 0.00276. The van der Waals surface area contributed by atoms with E-state index < -0.39 is 0 Å². The second-order valence-electron chi connectivity index (χ2n) is 5.39. The monoisotopic (exact) mass is 271 g/mol. The molecule has 2 atom stereocenters. The molecule has 1 aliphatic heterocycles. The van der Waals surface area contributed by atoms with Crippen LogP contribution in [0.4, 0.5) is 0 Å². The molecule has 2 unspecified atom stereocenters. The molecule has 1 aliphatic rings. The van der Waals surface area contributed by atoms with Gasteiger partial charge in [-0.3, -0.25) is 4.79 Å². The molecule has 19 heavy (non-hydrogen) atoms. The second kappa shape index (κ2) is 9.28. The predicted octanol–water partition coefficient (Wildman–Crippen LogP) is 0.459. The third-order valence-electron chi connectivity index (χ3n) is 3.88. The Labute approximate surface area is 117 Å². The smallest absolute Gasteiger partial charge is 0.237 e. The fourth-order valence-corrected chi connectivity index (χ4v) is 2.42. The number of ether oxygens (including phenoxy) is 1. The number of carbonyl (C=O) groups excluding carboxylic acids is 1. The summed E-state index contributed by atoms with van der Waals surface area (Å²) in [6.07, 6.45) is 3.34. The Kier molecular flexibility index (Phi) is 8.02. The van der Waals surface area contributed by atoms with E-state index in [2.05, 4.69) is 22.5 Å². The second-order valence-corrected chi connectivity index (χ2v) is 5.39. The van der Waals surface area contributed by atoms with Crippen molar-refractivity contribution in [3.8, 4) is 0 Å². The van der Waals surface area contributed by atoms with Crippen molar-refractivity contribution in [3.05, 3.63) is 0 Å². The summed E-state index contributed by atoms with van der Waals surface area (Å²) in [7, 11) is 3.74. The van der Waals surface area contributed by atoms with E-state index in [9.17, 15) is 4.79 Å². The van der Waals surface area contributed by atoms with Crippen LogP contribution in [-0.4, -0.2) is 63.8 Å². The molecule has 0 aromatic rings. The largest absolute Gasteiger partial charge is 0.383 e. The summed E-state index contributed by atoms with van der Waals surface area (Å²) in [4.78, 5) is 14.2. The zero-order chi connectivity index (χ0) is 14.1. The first kappa shape index (κ1) is 16.4. The van der Waals surface area contributed by atoms with E-state index in [0.717, 1.165) is 32.7 Å². The number of carbonyl (C=O) groups is 1. The highest BCUT2D eigenvalue weighted by molar-refractivity contribution is 5.81. The van der Waals surface area contributed by atoms with Crippen LogP contribution in [0.1, 0.15) is 26.2 Å². The van der Waals surface area contributed by atoms with Crippen molar-refractivity contribution < 1.29 is 9.53 Å². The summed E-state index contributed by atoms with van der Waals surface area (Å²) in [6.45, 7) is 6.35. The number of methoxy groups -OCH3 is 1. The molecule has 0 bridgehead atoms. The molecular formula is C14H29N3O2. The number of rotatable bonds is 8. The van der Waals surface area contributed by atoms with E-state index in [0.29, 0.717) is 12.5 Å². The van der Waals surface area contributed by atoms with E-state index in [-0.39, 0.29) is 11.9 Å². The molecule has 2 N–H and O–H groups in total. The van der Waals surface area contributed by atoms with Gasteiger partial charge >= 0.3 is 0 Å². The quantitative estimate of drug-likeness (QED) is 0.673. The third kappa shape index (κ3) is 6.36. The Bertz CT molecular complexity index is 261. The molecule has 0 radical (unpaired) electrons. The highest BCUT2D eigenvalue weighted by Crippen LogP contribution is 2.19. The van der Waals surface area contributed by atoms with Crippen LogP contribution in [0.2, 0.25) is 0 Å². The van der Waals surface area contributed by atoms with Gasteiger partial charge in [-0.25, -0.2) is 0 Å². The van der Waals surface area contributed by atoms with Crippen LogP contribution in [0, 0.1) is 5.92 Å². The lowest BCUT2D eigenvalue weighted by atomic mass is 9.90. The van der Waals surface area contributed by atoms with Crippen LogP contribution in [0.3, 0.4) is 0 Å². The average Bonchev–Trinajstić information content (AvgIpc) is 2.45. The Hall–Kier alpha value is -0.650. The van der Waals surface area contributed by atoms with Crippen molar-refractivity contribution >= 4 is 5.91 Å². The minimum absolute atomic E-state index is 0.00276. The lowest BCUT2D eigenvalue weighted by Crippen LogP contribution is -2.49. The van der Waals surface area contributed by atoms with Gasteiger partial charge in [0.1, 0.15) is 0 Å². The highest BCUT2D eigenvalue weighted by atomic mass is 16.5. The number of nitrogens with zero attached hydrogens (tertiary/aromatic N) is 1.